The molecule has 1 rings (SSSR count). The fourth-order valence-electron chi connectivity index (χ4n) is 1.89. The highest BCUT2D eigenvalue weighted by Gasteiger charge is 2.26. The van der Waals surface area contributed by atoms with E-state index < -0.39 is 18.0 Å². The molecule has 116 valence electrons. The maximum absolute atomic E-state index is 12.2. The lowest BCUT2D eigenvalue weighted by molar-refractivity contribution is -0.140. The van der Waals surface area contributed by atoms with Crippen LogP contribution in [-0.2, 0) is 4.79 Å². The van der Waals surface area contributed by atoms with Crippen LogP contribution in [0.1, 0.15) is 32.4 Å². The van der Waals surface area contributed by atoms with Crippen molar-refractivity contribution in [1.29, 1.82) is 0 Å². The average Bonchev–Trinajstić information content (AvgIpc) is 2.42. The van der Waals surface area contributed by atoms with Gasteiger partial charge in [-0.1, -0.05) is 37.6 Å². The van der Waals surface area contributed by atoms with Gasteiger partial charge in [0.15, 0.2) is 0 Å². The molecule has 0 heterocycles. The highest BCUT2D eigenvalue weighted by atomic mass is 35.5. The molecule has 0 spiro atoms. The molecule has 0 radical (unpaired) electrons. The van der Waals surface area contributed by atoms with Crippen molar-refractivity contribution in [3.63, 3.8) is 0 Å². The Bertz CT molecular complexity index is 502. The summed E-state index contributed by atoms with van der Waals surface area (Å²) in [5, 5.41) is 12.3. The lowest BCUT2D eigenvalue weighted by Crippen LogP contribution is -2.49. The van der Waals surface area contributed by atoms with E-state index in [0.29, 0.717) is 5.02 Å². The summed E-state index contributed by atoms with van der Waals surface area (Å²) in [6.07, 6.45) is 0. The van der Waals surface area contributed by atoms with Crippen LogP contribution >= 0.6 is 11.6 Å². The van der Waals surface area contributed by atoms with E-state index >= 15 is 0 Å². The zero-order valence-electron chi connectivity index (χ0n) is 12.6. The SMILES string of the molecule is CC(C)[C@@H](NC(=O)N(C)C(C)c1ccc(Cl)cc1)C(=O)O. The van der Waals surface area contributed by atoms with Gasteiger partial charge in [0.2, 0.25) is 0 Å². The third kappa shape index (κ3) is 4.63. The van der Waals surface area contributed by atoms with Crippen molar-refractivity contribution in [2.75, 3.05) is 7.05 Å². The van der Waals surface area contributed by atoms with Crippen molar-refractivity contribution in [3.05, 3.63) is 34.9 Å². The number of carboxylic acids is 1. The van der Waals surface area contributed by atoms with E-state index in [0.717, 1.165) is 5.56 Å². The number of hydrogen-bond acceptors (Lipinski definition) is 2. The molecular formula is C15H21ClN2O3. The number of nitrogens with zero attached hydrogens (tertiary/aromatic N) is 1. The van der Waals surface area contributed by atoms with Crippen LogP contribution in [0.2, 0.25) is 5.02 Å². The van der Waals surface area contributed by atoms with Crippen LogP contribution in [0.3, 0.4) is 0 Å². The van der Waals surface area contributed by atoms with Crippen molar-refractivity contribution in [1.82, 2.24) is 10.2 Å². The minimum absolute atomic E-state index is 0.189. The number of carbonyl (C=O) groups is 2. The molecule has 1 aromatic rings. The van der Waals surface area contributed by atoms with Crippen molar-refractivity contribution in [3.8, 4) is 0 Å². The summed E-state index contributed by atoms with van der Waals surface area (Å²) in [6, 6.07) is 5.68. The molecule has 1 aromatic carbocycles. The molecule has 2 amide bonds. The summed E-state index contributed by atoms with van der Waals surface area (Å²) in [4.78, 5) is 24.8. The highest BCUT2D eigenvalue weighted by molar-refractivity contribution is 6.30. The number of hydrogen-bond donors (Lipinski definition) is 2. The van der Waals surface area contributed by atoms with Gasteiger partial charge < -0.3 is 15.3 Å². The van der Waals surface area contributed by atoms with Crippen LogP contribution in [0.5, 0.6) is 0 Å². The molecule has 0 bridgehead atoms. The van der Waals surface area contributed by atoms with Crippen LogP contribution in [0.4, 0.5) is 4.79 Å². The predicted molar refractivity (Wildman–Crippen MR) is 82.4 cm³/mol. The molecule has 21 heavy (non-hydrogen) atoms. The molecule has 2 atom stereocenters. The molecule has 0 fully saturated rings. The van der Waals surface area contributed by atoms with Crippen molar-refractivity contribution in [2.45, 2.75) is 32.9 Å². The number of aliphatic carboxylic acids is 1. The fourth-order valence-corrected chi connectivity index (χ4v) is 2.02. The van der Waals surface area contributed by atoms with Crippen molar-refractivity contribution < 1.29 is 14.7 Å². The van der Waals surface area contributed by atoms with Gasteiger partial charge in [0, 0.05) is 12.1 Å². The summed E-state index contributed by atoms with van der Waals surface area (Å²) in [7, 11) is 1.63. The third-order valence-electron chi connectivity index (χ3n) is 3.47. The predicted octanol–water partition coefficient (Wildman–Crippen LogP) is 3.15. The van der Waals surface area contributed by atoms with Gasteiger partial charge in [0.25, 0.3) is 0 Å². The Morgan fingerprint density at radius 3 is 2.14 bits per heavy atom. The number of rotatable bonds is 5. The fraction of sp³-hybridized carbons (Fsp3) is 0.467. The van der Waals surface area contributed by atoms with Crippen molar-refractivity contribution in [2.24, 2.45) is 5.92 Å². The van der Waals surface area contributed by atoms with Gasteiger partial charge in [-0.15, -0.1) is 0 Å². The largest absolute Gasteiger partial charge is 0.480 e. The van der Waals surface area contributed by atoms with Gasteiger partial charge in [-0.05, 0) is 30.5 Å². The number of halogens is 1. The zero-order valence-corrected chi connectivity index (χ0v) is 13.4. The van der Waals surface area contributed by atoms with E-state index in [1.165, 1.54) is 4.90 Å². The van der Waals surface area contributed by atoms with E-state index in [4.69, 9.17) is 16.7 Å². The minimum atomic E-state index is -1.04. The summed E-state index contributed by atoms with van der Waals surface area (Å²) < 4.78 is 0. The number of carbonyl (C=O) groups excluding carboxylic acids is 1. The van der Waals surface area contributed by atoms with E-state index in [-0.39, 0.29) is 12.0 Å². The molecule has 0 aliphatic rings. The van der Waals surface area contributed by atoms with Crippen LogP contribution < -0.4 is 5.32 Å². The van der Waals surface area contributed by atoms with Gasteiger partial charge in [0.05, 0.1) is 6.04 Å². The monoisotopic (exact) mass is 312 g/mol. The first-order valence-electron chi connectivity index (χ1n) is 6.75. The van der Waals surface area contributed by atoms with Crippen LogP contribution in [0.15, 0.2) is 24.3 Å². The summed E-state index contributed by atoms with van der Waals surface area (Å²) in [5.41, 5.74) is 0.925. The van der Waals surface area contributed by atoms with Crippen LogP contribution in [-0.4, -0.2) is 35.1 Å². The number of benzene rings is 1. The Labute approximate surface area is 129 Å². The highest BCUT2D eigenvalue weighted by Crippen LogP contribution is 2.21. The number of amides is 2. The maximum Gasteiger partial charge on any atom is 0.326 e. The van der Waals surface area contributed by atoms with E-state index in [9.17, 15) is 9.59 Å². The first kappa shape index (κ1) is 17.3. The number of carboxylic acid groups (broad SMARTS) is 1. The lowest BCUT2D eigenvalue weighted by Gasteiger charge is -2.28. The van der Waals surface area contributed by atoms with Gasteiger partial charge in [-0.25, -0.2) is 9.59 Å². The molecule has 0 aromatic heterocycles. The Morgan fingerprint density at radius 1 is 1.19 bits per heavy atom. The van der Waals surface area contributed by atoms with Gasteiger partial charge in [0.1, 0.15) is 6.04 Å². The average molecular weight is 313 g/mol. The molecule has 0 saturated heterocycles. The normalized spacial score (nSPS) is 13.6. The van der Waals surface area contributed by atoms with Gasteiger partial charge in [-0.2, -0.15) is 0 Å². The van der Waals surface area contributed by atoms with E-state index in [1.807, 2.05) is 19.1 Å². The standard InChI is InChI=1S/C15H21ClN2O3/c1-9(2)13(14(19)20)17-15(21)18(4)10(3)11-5-7-12(16)8-6-11/h5-10,13H,1-4H3,(H,17,21)(H,19,20)/t10?,13-/m1/s1. The van der Waals surface area contributed by atoms with E-state index in [2.05, 4.69) is 5.32 Å². The molecule has 0 aliphatic carbocycles. The number of urea groups is 1. The molecule has 2 N–H and O–H groups in total. The minimum Gasteiger partial charge on any atom is -0.480 e. The Balaban J connectivity index is 2.77. The number of nitrogens with one attached hydrogen (secondary N) is 1. The quantitative estimate of drug-likeness (QED) is 0.877. The van der Waals surface area contributed by atoms with Crippen molar-refractivity contribution >= 4 is 23.6 Å². The molecular weight excluding hydrogens is 292 g/mol. The topological polar surface area (TPSA) is 69.6 Å². The molecule has 0 saturated carbocycles. The molecule has 5 nitrogen and oxygen atoms in total. The van der Waals surface area contributed by atoms with Crippen LogP contribution in [0, 0.1) is 5.92 Å². The first-order valence-corrected chi connectivity index (χ1v) is 7.13. The maximum atomic E-state index is 12.2. The second-order valence-electron chi connectivity index (χ2n) is 5.35. The first-order chi connectivity index (χ1) is 9.73. The third-order valence-corrected chi connectivity index (χ3v) is 3.72. The zero-order chi connectivity index (χ0) is 16.2. The summed E-state index contributed by atoms with van der Waals surface area (Å²) in [5.74, 6) is -1.23. The Hall–Kier alpha value is -1.75. The molecule has 0 aliphatic heterocycles. The van der Waals surface area contributed by atoms with E-state index in [1.54, 1.807) is 33.0 Å². The summed E-state index contributed by atoms with van der Waals surface area (Å²) >= 11 is 5.84. The molecule has 1 unspecified atom stereocenters. The summed E-state index contributed by atoms with van der Waals surface area (Å²) in [6.45, 7) is 5.37. The lowest BCUT2D eigenvalue weighted by atomic mass is 10.0. The second-order valence-corrected chi connectivity index (χ2v) is 5.78. The van der Waals surface area contributed by atoms with Gasteiger partial charge in [-0.3, -0.25) is 0 Å². The van der Waals surface area contributed by atoms with Gasteiger partial charge >= 0.3 is 12.0 Å². The Morgan fingerprint density at radius 2 is 1.71 bits per heavy atom. The smallest absolute Gasteiger partial charge is 0.326 e. The second kappa shape index (κ2) is 7.31. The molecule has 6 heteroatoms. The van der Waals surface area contributed by atoms with Crippen LogP contribution in [0.25, 0.3) is 0 Å². The Kier molecular flexibility index (Phi) is 6.03.